The zero-order valence-electron chi connectivity index (χ0n) is 19.3. The summed E-state index contributed by atoms with van der Waals surface area (Å²) in [6, 6.07) is 26.8. The Kier molecular flexibility index (Phi) is 6.56. The van der Waals surface area contributed by atoms with E-state index in [0.29, 0.717) is 29.8 Å². The predicted molar refractivity (Wildman–Crippen MR) is 143 cm³/mol. The van der Waals surface area contributed by atoms with Gasteiger partial charge in [0.15, 0.2) is 0 Å². The van der Waals surface area contributed by atoms with E-state index in [0.717, 1.165) is 44.4 Å². The molecule has 0 fully saturated rings. The number of nitrogens with one attached hydrogen (secondary N) is 2. The third-order valence-corrected chi connectivity index (χ3v) is 6.94. The number of aromatic amines is 1. The first kappa shape index (κ1) is 23.4. The Morgan fingerprint density at radius 3 is 2.39 bits per heavy atom. The molecule has 0 radical (unpaired) electrons. The van der Waals surface area contributed by atoms with E-state index in [2.05, 4.69) is 16.4 Å². The number of carbonyl (C=O) groups excluding carboxylic acids is 1. The molecule has 4 N–H and O–H groups in total. The lowest BCUT2D eigenvalue weighted by Crippen LogP contribution is -2.25. The summed E-state index contributed by atoms with van der Waals surface area (Å²) in [4.78, 5) is 26.8. The Bertz CT molecular complexity index is 1600. The number of phenols is 1. The van der Waals surface area contributed by atoms with Crippen molar-refractivity contribution in [2.45, 2.75) is 12.8 Å². The number of benzene rings is 4. The van der Waals surface area contributed by atoms with Gasteiger partial charge in [-0.15, -0.1) is 0 Å². The minimum absolute atomic E-state index is 0.0604. The number of carbonyl (C=O) groups is 1. The highest BCUT2D eigenvalue weighted by atomic mass is 32.1. The highest BCUT2D eigenvalue weighted by Crippen LogP contribution is 2.25. The monoisotopic (exact) mass is 496 g/mol. The largest absolute Gasteiger partial charge is 0.508 e. The van der Waals surface area contributed by atoms with E-state index < -0.39 is 0 Å². The SMILES string of the molecule is O=C(NCCc1cccc(-c2ccc(Cc3sc(=O)[nH]c3O)cc2)c1)c1ccc2cc(O)ccc2c1. The number of hydrogen-bond donors (Lipinski definition) is 4. The number of H-pyrrole nitrogens is 1. The molecular formula is C29H24N2O4S. The summed E-state index contributed by atoms with van der Waals surface area (Å²) in [5.74, 6) is 0.0131. The molecular weight excluding hydrogens is 472 g/mol. The molecule has 0 saturated heterocycles. The Morgan fingerprint density at radius 1 is 0.833 bits per heavy atom. The van der Waals surface area contributed by atoms with Gasteiger partial charge in [0.25, 0.3) is 5.91 Å². The molecule has 36 heavy (non-hydrogen) atoms. The van der Waals surface area contributed by atoms with E-state index in [1.807, 2.05) is 54.6 Å². The fourth-order valence-corrected chi connectivity index (χ4v) is 4.93. The first-order valence-corrected chi connectivity index (χ1v) is 12.4. The van der Waals surface area contributed by atoms with Crippen molar-refractivity contribution in [2.75, 3.05) is 6.54 Å². The van der Waals surface area contributed by atoms with E-state index in [4.69, 9.17) is 0 Å². The minimum Gasteiger partial charge on any atom is -0.508 e. The number of aromatic hydroxyl groups is 2. The van der Waals surface area contributed by atoms with Gasteiger partial charge in [0.2, 0.25) is 5.88 Å². The topological polar surface area (TPSA) is 102 Å². The van der Waals surface area contributed by atoms with Crippen LogP contribution in [0.15, 0.2) is 89.7 Å². The second-order valence-electron chi connectivity index (χ2n) is 8.61. The summed E-state index contributed by atoms with van der Waals surface area (Å²) in [6.45, 7) is 0.512. The fourth-order valence-electron chi connectivity index (χ4n) is 4.18. The van der Waals surface area contributed by atoms with Gasteiger partial charge in [-0.25, -0.2) is 0 Å². The van der Waals surface area contributed by atoms with Gasteiger partial charge < -0.3 is 15.5 Å². The van der Waals surface area contributed by atoms with Crippen LogP contribution in [0, 0.1) is 0 Å². The van der Waals surface area contributed by atoms with Crippen LogP contribution in [0.4, 0.5) is 0 Å². The molecule has 0 aliphatic rings. The summed E-state index contributed by atoms with van der Waals surface area (Å²) < 4.78 is 0. The van der Waals surface area contributed by atoms with Gasteiger partial charge in [-0.3, -0.25) is 14.6 Å². The maximum Gasteiger partial charge on any atom is 0.307 e. The van der Waals surface area contributed by atoms with Gasteiger partial charge in [-0.2, -0.15) is 0 Å². The van der Waals surface area contributed by atoms with Gasteiger partial charge >= 0.3 is 4.87 Å². The first-order chi connectivity index (χ1) is 17.4. The van der Waals surface area contributed by atoms with Gasteiger partial charge in [-0.1, -0.05) is 72.0 Å². The Hall–Kier alpha value is -4.36. The smallest absolute Gasteiger partial charge is 0.307 e. The van der Waals surface area contributed by atoms with Crippen molar-refractivity contribution in [3.8, 4) is 22.8 Å². The lowest BCUT2D eigenvalue weighted by molar-refractivity contribution is 0.0954. The number of amides is 1. The molecule has 4 aromatic carbocycles. The Labute approximate surface area is 211 Å². The van der Waals surface area contributed by atoms with Crippen molar-refractivity contribution in [3.05, 3.63) is 116 Å². The molecule has 6 nitrogen and oxygen atoms in total. The minimum atomic E-state index is -0.259. The average molecular weight is 497 g/mol. The summed E-state index contributed by atoms with van der Waals surface area (Å²) in [5.41, 5.74) is 4.86. The molecule has 0 saturated carbocycles. The normalized spacial score (nSPS) is 11.0. The molecule has 5 aromatic rings. The van der Waals surface area contributed by atoms with Crippen LogP contribution in [0.2, 0.25) is 0 Å². The van der Waals surface area contributed by atoms with Crippen LogP contribution >= 0.6 is 11.3 Å². The van der Waals surface area contributed by atoms with Crippen LogP contribution in [0.3, 0.4) is 0 Å². The van der Waals surface area contributed by atoms with Crippen LogP contribution < -0.4 is 10.2 Å². The van der Waals surface area contributed by atoms with Gasteiger partial charge in [-0.05, 0) is 63.7 Å². The Balaban J connectivity index is 1.20. The van der Waals surface area contributed by atoms with Gasteiger partial charge in [0.05, 0.1) is 4.88 Å². The molecule has 0 aliphatic carbocycles. The number of thiazole rings is 1. The van der Waals surface area contributed by atoms with E-state index in [1.54, 1.807) is 24.3 Å². The van der Waals surface area contributed by atoms with E-state index in [1.165, 1.54) is 0 Å². The van der Waals surface area contributed by atoms with E-state index >= 15 is 0 Å². The van der Waals surface area contributed by atoms with Gasteiger partial charge in [0, 0.05) is 18.5 Å². The summed E-state index contributed by atoms with van der Waals surface area (Å²) >= 11 is 1.02. The van der Waals surface area contributed by atoms with Crippen LogP contribution in [0.5, 0.6) is 11.6 Å². The fraction of sp³-hybridized carbons (Fsp3) is 0.103. The number of rotatable bonds is 7. The second kappa shape index (κ2) is 10.1. The van der Waals surface area contributed by atoms with Crippen LogP contribution in [-0.2, 0) is 12.8 Å². The molecule has 180 valence electrons. The second-order valence-corrected chi connectivity index (χ2v) is 9.68. The lowest BCUT2D eigenvalue weighted by atomic mass is 10.00. The van der Waals surface area contributed by atoms with Crippen LogP contribution in [-0.4, -0.2) is 27.6 Å². The molecule has 1 amide bonds. The Morgan fingerprint density at radius 2 is 1.61 bits per heavy atom. The quantitative estimate of drug-likeness (QED) is 0.248. The maximum atomic E-state index is 12.6. The molecule has 1 heterocycles. The van der Waals surface area contributed by atoms with Crippen molar-refractivity contribution >= 4 is 28.0 Å². The molecule has 5 rings (SSSR count). The molecule has 7 heteroatoms. The van der Waals surface area contributed by atoms with Crippen molar-refractivity contribution < 1.29 is 15.0 Å². The summed E-state index contributed by atoms with van der Waals surface area (Å²) in [5, 5.41) is 24.2. The third kappa shape index (κ3) is 5.31. The predicted octanol–water partition coefficient (Wildman–Crippen LogP) is 5.23. The van der Waals surface area contributed by atoms with Crippen LogP contribution in [0.25, 0.3) is 21.9 Å². The molecule has 1 aromatic heterocycles. The molecule has 0 spiro atoms. The maximum absolute atomic E-state index is 12.6. The third-order valence-electron chi connectivity index (χ3n) is 6.06. The molecule has 0 unspecified atom stereocenters. The number of aromatic nitrogens is 1. The van der Waals surface area contributed by atoms with Crippen molar-refractivity contribution in [1.29, 1.82) is 0 Å². The molecule has 0 aliphatic heterocycles. The van der Waals surface area contributed by atoms with Crippen molar-refractivity contribution in [1.82, 2.24) is 10.3 Å². The zero-order valence-corrected chi connectivity index (χ0v) is 20.1. The highest BCUT2D eigenvalue weighted by molar-refractivity contribution is 7.09. The standard InChI is InChI=1S/C29H24N2O4S/c32-25-11-10-22-16-24(9-8-23(22)17-25)27(33)30-13-12-18-2-1-3-21(14-18)20-6-4-19(5-7-20)15-26-28(34)31-29(35)36-26/h1-11,14,16-17,32,34H,12-13,15H2,(H,30,33)(H,31,35). The zero-order chi connectivity index (χ0) is 25.1. The number of fused-ring (bicyclic) bond motifs is 1. The van der Waals surface area contributed by atoms with Crippen LogP contribution in [0.1, 0.15) is 26.4 Å². The van der Waals surface area contributed by atoms with Gasteiger partial charge in [0.1, 0.15) is 5.75 Å². The number of phenolic OH excluding ortho intramolecular Hbond substituents is 1. The lowest BCUT2D eigenvalue weighted by Gasteiger charge is -2.09. The highest BCUT2D eigenvalue weighted by Gasteiger charge is 2.09. The van der Waals surface area contributed by atoms with Crippen molar-refractivity contribution in [3.63, 3.8) is 0 Å². The summed E-state index contributed by atoms with van der Waals surface area (Å²) in [6.07, 6.45) is 1.19. The van der Waals surface area contributed by atoms with E-state index in [-0.39, 0.29) is 22.4 Å². The van der Waals surface area contributed by atoms with E-state index in [9.17, 15) is 19.8 Å². The molecule has 0 atom stereocenters. The summed E-state index contributed by atoms with van der Waals surface area (Å²) in [7, 11) is 0. The number of hydrogen-bond acceptors (Lipinski definition) is 5. The first-order valence-electron chi connectivity index (χ1n) is 11.5. The average Bonchev–Trinajstić information content (AvgIpc) is 3.20. The molecule has 0 bridgehead atoms. The van der Waals surface area contributed by atoms with Crippen molar-refractivity contribution in [2.24, 2.45) is 0 Å².